The molecule has 0 spiro atoms. The van der Waals surface area contributed by atoms with Gasteiger partial charge in [-0.15, -0.1) is 11.3 Å². The molecule has 0 fully saturated rings. The molecule has 0 atom stereocenters. The minimum absolute atomic E-state index is 0.345. The molecule has 0 saturated carbocycles. The summed E-state index contributed by atoms with van der Waals surface area (Å²) in [6.07, 6.45) is 5.17. The van der Waals surface area contributed by atoms with Crippen LogP contribution in [-0.2, 0) is 0 Å². The van der Waals surface area contributed by atoms with Crippen LogP contribution in [0.25, 0.3) is 55.2 Å². The van der Waals surface area contributed by atoms with Crippen molar-refractivity contribution in [1.29, 1.82) is 0 Å². The van der Waals surface area contributed by atoms with Gasteiger partial charge in [0.15, 0.2) is 11.5 Å². The summed E-state index contributed by atoms with van der Waals surface area (Å²) in [5.41, 5.74) is 5.74. The highest BCUT2D eigenvalue weighted by Crippen LogP contribution is 2.35. The van der Waals surface area contributed by atoms with Crippen LogP contribution in [0.3, 0.4) is 0 Å². The molecule has 6 rings (SSSR count). The van der Waals surface area contributed by atoms with Gasteiger partial charge in [0.05, 0.1) is 22.9 Å². The Morgan fingerprint density at radius 2 is 1.91 bits per heavy atom. The van der Waals surface area contributed by atoms with E-state index >= 15 is 4.39 Å². The predicted octanol–water partition coefficient (Wildman–Crippen LogP) is 5.81. The van der Waals surface area contributed by atoms with Crippen LogP contribution in [-0.4, -0.2) is 44.2 Å². The molecule has 6 aromatic rings. The number of hydrogen-bond acceptors (Lipinski definition) is 6. The number of aromatic nitrogens is 6. The van der Waals surface area contributed by atoms with E-state index in [-0.39, 0.29) is 5.82 Å². The highest BCUT2D eigenvalue weighted by Gasteiger charge is 2.18. The molecule has 9 heteroatoms. The van der Waals surface area contributed by atoms with Crippen molar-refractivity contribution in [2.45, 2.75) is 6.92 Å². The largest absolute Gasteiger partial charge is 0.376 e. The van der Waals surface area contributed by atoms with E-state index < -0.39 is 0 Å². The molecule has 168 valence electrons. The summed E-state index contributed by atoms with van der Waals surface area (Å²) in [4.78, 5) is 21.1. The number of H-pyrrole nitrogens is 2. The number of pyridine rings is 2. The van der Waals surface area contributed by atoms with Gasteiger partial charge in [0, 0.05) is 64.4 Å². The van der Waals surface area contributed by atoms with E-state index in [9.17, 15) is 0 Å². The van der Waals surface area contributed by atoms with Crippen LogP contribution < -0.4 is 4.90 Å². The van der Waals surface area contributed by atoms with Crippen molar-refractivity contribution in [1.82, 2.24) is 30.1 Å². The molecular weight excluding hydrogens is 449 g/mol. The molecule has 5 heterocycles. The number of aromatic amines is 2. The van der Waals surface area contributed by atoms with Crippen molar-refractivity contribution < 1.29 is 4.39 Å². The van der Waals surface area contributed by atoms with Gasteiger partial charge in [-0.3, -0.25) is 10.1 Å². The number of benzene rings is 1. The average Bonchev–Trinajstić information content (AvgIpc) is 3.55. The topological polar surface area (TPSA) is 86.4 Å². The lowest BCUT2D eigenvalue weighted by Crippen LogP contribution is -2.08. The molecule has 0 bridgehead atoms. The Bertz CT molecular complexity index is 1680. The number of anilines is 1. The summed E-state index contributed by atoms with van der Waals surface area (Å²) in [6, 6.07) is 11.4. The van der Waals surface area contributed by atoms with Crippen LogP contribution in [0, 0.1) is 12.7 Å². The van der Waals surface area contributed by atoms with E-state index in [1.807, 2.05) is 31.1 Å². The summed E-state index contributed by atoms with van der Waals surface area (Å²) in [7, 11) is 3.85. The first kappa shape index (κ1) is 20.5. The van der Waals surface area contributed by atoms with Crippen LogP contribution in [0.1, 0.15) is 4.88 Å². The molecule has 0 amide bonds. The molecule has 7 nitrogen and oxygen atoms in total. The zero-order chi connectivity index (χ0) is 23.4. The van der Waals surface area contributed by atoms with Crippen molar-refractivity contribution in [3.8, 4) is 33.1 Å². The molecule has 0 unspecified atom stereocenters. The summed E-state index contributed by atoms with van der Waals surface area (Å²) in [5.74, 6) is 0.231. The second-order valence-corrected chi connectivity index (χ2v) is 9.62. The quantitative estimate of drug-likeness (QED) is 0.340. The molecule has 34 heavy (non-hydrogen) atoms. The number of rotatable bonds is 4. The number of halogens is 1. The Labute approximate surface area is 198 Å². The van der Waals surface area contributed by atoms with Crippen LogP contribution >= 0.6 is 11.3 Å². The molecule has 2 N–H and O–H groups in total. The molecule has 0 aliphatic heterocycles. The Morgan fingerprint density at radius 1 is 1.03 bits per heavy atom. The van der Waals surface area contributed by atoms with E-state index in [0.717, 1.165) is 27.0 Å². The monoisotopic (exact) mass is 469 g/mol. The normalized spacial score (nSPS) is 11.5. The molecule has 0 radical (unpaired) electrons. The lowest BCUT2D eigenvalue weighted by atomic mass is 10.0. The zero-order valence-corrected chi connectivity index (χ0v) is 19.5. The van der Waals surface area contributed by atoms with Gasteiger partial charge in [0.1, 0.15) is 11.5 Å². The fourth-order valence-corrected chi connectivity index (χ4v) is 4.97. The summed E-state index contributed by atoms with van der Waals surface area (Å²) in [6.45, 7) is 2.08. The highest BCUT2D eigenvalue weighted by molar-refractivity contribution is 7.15. The average molecular weight is 470 g/mol. The number of hydrogen-bond donors (Lipinski definition) is 2. The van der Waals surface area contributed by atoms with E-state index in [2.05, 4.69) is 44.2 Å². The number of thiophene rings is 1. The van der Waals surface area contributed by atoms with Gasteiger partial charge in [-0.1, -0.05) is 0 Å². The second kappa shape index (κ2) is 7.74. The Kier molecular flexibility index (Phi) is 4.66. The maximum Gasteiger partial charge on any atom is 0.178 e. The van der Waals surface area contributed by atoms with E-state index in [4.69, 9.17) is 4.98 Å². The summed E-state index contributed by atoms with van der Waals surface area (Å²) >= 11 is 1.72. The second-order valence-electron chi connectivity index (χ2n) is 8.33. The van der Waals surface area contributed by atoms with Gasteiger partial charge in [0.25, 0.3) is 0 Å². The van der Waals surface area contributed by atoms with Crippen LogP contribution in [0.2, 0.25) is 0 Å². The van der Waals surface area contributed by atoms with E-state index in [0.29, 0.717) is 33.8 Å². The van der Waals surface area contributed by atoms with E-state index in [1.165, 1.54) is 10.9 Å². The molecule has 0 saturated heterocycles. The molecule has 0 aliphatic carbocycles. The van der Waals surface area contributed by atoms with E-state index in [1.54, 1.807) is 36.0 Å². The standard InChI is InChI=1S/C25H20FN7S/c1-13-4-5-21(34-13)16-6-7-28-24-22(16)29-25(30-24)23-18-9-17(19(26)10-20(18)31-32-23)14-8-15(33(2)3)12-27-11-14/h4-12H,1-3H3,(H,31,32)(H,28,29,30). The number of aryl methyl sites for hydroxylation is 1. The molecular formula is C25H20FN7S. The van der Waals surface area contributed by atoms with Gasteiger partial charge < -0.3 is 9.88 Å². The third-order valence-corrected chi connectivity index (χ3v) is 6.86. The Hall–Kier alpha value is -4.11. The van der Waals surface area contributed by atoms with Gasteiger partial charge in [-0.25, -0.2) is 14.4 Å². The number of nitrogens with zero attached hydrogens (tertiary/aromatic N) is 5. The third-order valence-electron chi connectivity index (χ3n) is 5.82. The molecule has 5 aromatic heterocycles. The lowest BCUT2D eigenvalue weighted by Gasteiger charge is -2.13. The maximum atomic E-state index is 15.0. The number of nitrogens with one attached hydrogen (secondary N) is 2. The van der Waals surface area contributed by atoms with Crippen LogP contribution in [0.5, 0.6) is 0 Å². The van der Waals surface area contributed by atoms with Crippen molar-refractivity contribution in [2.75, 3.05) is 19.0 Å². The first-order chi connectivity index (χ1) is 16.5. The maximum absolute atomic E-state index is 15.0. The van der Waals surface area contributed by atoms with Gasteiger partial charge >= 0.3 is 0 Å². The first-order valence-corrected chi connectivity index (χ1v) is 11.5. The number of fused-ring (bicyclic) bond motifs is 2. The minimum atomic E-state index is -0.345. The minimum Gasteiger partial charge on any atom is -0.376 e. The first-order valence-electron chi connectivity index (χ1n) is 10.7. The number of imidazole rings is 1. The summed E-state index contributed by atoms with van der Waals surface area (Å²) < 4.78 is 15.0. The fourth-order valence-electron chi connectivity index (χ4n) is 4.07. The molecule has 0 aliphatic rings. The highest BCUT2D eigenvalue weighted by atomic mass is 32.1. The van der Waals surface area contributed by atoms with Crippen molar-refractivity contribution >= 4 is 39.1 Å². The molecule has 1 aromatic carbocycles. The van der Waals surface area contributed by atoms with Crippen molar-refractivity contribution in [2.24, 2.45) is 0 Å². The fraction of sp³-hybridized carbons (Fsp3) is 0.120. The summed E-state index contributed by atoms with van der Waals surface area (Å²) in [5, 5.41) is 8.16. The zero-order valence-electron chi connectivity index (χ0n) is 18.7. The van der Waals surface area contributed by atoms with Crippen LogP contribution in [0.15, 0.2) is 55.0 Å². The van der Waals surface area contributed by atoms with Gasteiger partial charge in [-0.2, -0.15) is 5.10 Å². The van der Waals surface area contributed by atoms with Crippen molar-refractivity contribution in [3.63, 3.8) is 0 Å². The smallest absolute Gasteiger partial charge is 0.178 e. The Balaban J connectivity index is 1.51. The SMILES string of the molecule is Cc1ccc(-c2ccnc3nc(-c4n[nH]c5cc(F)c(-c6cncc(N(C)C)c6)cc45)[nH]c23)s1. The predicted molar refractivity (Wildman–Crippen MR) is 135 cm³/mol. The lowest BCUT2D eigenvalue weighted by molar-refractivity contribution is 0.632. The third kappa shape index (κ3) is 3.32. The van der Waals surface area contributed by atoms with Crippen LogP contribution in [0.4, 0.5) is 10.1 Å². The Morgan fingerprint density at radius 3 is 2.71 bits per heavy atom. The van der Waals surface area contributed by atoms with Crippen molar-refractivity contribution in [3.05, 3.63) is 65.7 Å². The van der Waals surface area contributed by atoms with Gasteiger partial charge in [0.2, 0.25) is 0 Å². The van der Waals surface area contributed by atoms with Gasteiger partial charge in [-0.05, 0) is 37.3 Å².